The summed E-state index contributed by atoms with van der Waals surface area (Å²) in [7, 11) is -3.46. The Bertz CT molecular complexity index is 770. The molecule has 1 aromatic carbocycles. The van der Waals surface area contributed by atoms with Crippen molar-refractivity contribution in [2.75, 3.05) is 38.0 Å². The van der Waals surface area contributed by atoms with E-state index in [2.05, 4.69) is 10.3 Å². The molecule has 1 amide bonds. The second-order valence-electron chi connectivity index (χ2n) is 5.38. The number of anilines is 1. The standard InChI is InChI=1S/C15H18N4O3S2/c20-14(17-15-16-6-11-23-15)12-18-7-9-19(10-8-18)24(21,22)13-4-2-1-3-5-13/h1-6,11H,7-10,12H2,(H,16,17,20). The lowest BCUT2D eigenvalue weighted by molar-refractivity contribution is -0.117. The van der Waals surface area contributed by atoms with Crippen molar-refractivity contribution in [1.82, 2.24) is 14.2 Å². The molecule has 0 saturated carbocycles. The van der Waals surface area contributed by atoms with Gasteiger partial charge in [-0.15, -0.1) is 11.3 Å². The number of thiazole rings is 1. The third-order valence-corrected chi connectivity index (χ3v) is 6.36. The minimum atomic E-state index is -3.46. The van der Waals surface area contributed by atoms with Crippen LogP contribution in [-0.2, 0) is 14.8 Å². The van der Waals surface area contributed by atoms with E-state index in [0.717, 1.165) is 0 Å². The van der Waals surface area contributed by atoms with Crippen LogP contribution in [0.2, 0.25) is 0 Å². The molecule has 0 unspecified atom stereocenters. The molecule has 7 nitrogen and oxygen atoms in total. The number of aromatic nitrogens is 1. The number of sulfonamides is 1. The summed E-state index contributed by atoms with van der Waals surface area (Å²) < 4.78 is 26.6. The van der Waals surface area contributed by atoms with Crippen molar-refractivity contribution >= 4 is 32.4 Å². The van der Waals surface area contributed by atoms with E-state index in [-0.39, 0.29) is 12.5 Å². The highest BCUT2D eigenvalue weighted by atomic mass is 32.2. The molecular formula is C15H18N4O3S2. The number of carbonyl (C=O) groups excluding carboxylic acids is 1. The molecule has 1 N–H and O–H groups in total. The number of hydrogen-bond acceptors (Lipinski definition) is 6. The maximum atomic E-state index is 12.5. The largest absolute Gasteiger partial charge is 0.301 e. The molecule has 2 aromatic rings. The Hall–Kier alpha value is -1.81. The van der Waals surface area contributed by atoms with E-state index >= 15 is 0 Å². The number of rotatable bonds is 5. The number of nitrogens with one attached hydrogen (secondary N) is 1. The number of hydrogen-bond donors (Lipinski definition) is 1. The molecule has 2 heterocycles. The number of benzene rings is 1. The Morgan fingerprint density at radius 1 is 1.17 bits per heavy atom. The predicted octanol–water partition coefficient (Wildman–Crippen LogP) is 1.09. The summed E-state index contributed by atoms with van der Waals surface area (Å²) in [5, 5.41) is 5.10. The summed E-state index contributed by atoms with van der Waals surface area (Å²) in [6, 6.07) is 8.42. The summed E-state index contributed by atoms with van der Waals surface area (Å²) in [4.78, 5) is 18.2. The summed E-state index contributed by atoms with van der Waals surface area (Å²) in [5.74, 6) is -0.135. The van der Waals surface area contributed by atoms with Crippen molar-refractivity contribution in [2.24, 2.45) is 0 Å². The van der Waals surface area contributed by atoms with Crippen molar-refractivity contribution in [2.45, 2.75) is 4.90 Å². The van der Waals surface area contributed by atoms with Gasteiger partial charge in [0.1, 0.15) is 0 Å². The number of amides is 1. The van der Waals surface area contributed by atoms with Crippen LogP contribution in [-0.4, -0.2) is 61.2 Å². The quantitative estimate of drug-likeness (QED) is 0.856. The SMILES string of the molecule is O=C(CN1CCN(S(=O)(=O)c2ccccc2)CC1)Nc1nccs1. The highest BCUT2D eigenvalue weighted by Crippen LogP contribution is 2.17. The molecule has 1 fully saturated rings. The van der Waals surface area contributed by atoms with Gasteiger partial charge in [0.05, 0.1) is 11.4 Å². The molecule has 9 heteroatoms. The second-order valence-corrected chi connectivity index (χ2v) is 8.21. The van der Waals surface area contributed by atoms with Crippen LogP contribution in [0.4, 0.5) is 5.13 Å². The molecule has 1 aliphatic rings. The monoisotopic (exact) mass is 366 g/mol. The maximum absolute atomic E-state index is 12.5. The average molecular weight is 366 g/mol. The summed E-state index contributed by atoms with van der Waals surface area (Å²) in [6.07, 6.45) is 1.63. The Labute approximate surface area is 145 Å². The molecule has 0 radical (unpaired) electrons. The third kappa shape index (κ3) is 3.99. The topological polar surface area (TPSA) is 82.6 Å². The van der Waals surface area contributed by atoms with E-state index in [1.807, 2.05) is 4.90 Å². The molecule has 1 aliphatic heterocycles. The molecule has 0 atom stereocenters. The molecule has 3 rings (SSSR count). The van der Waals surface area contributed by atoms with Crippen molar-refractivity contribution in [3.8, 4) is 0 Å². The van der Waals surface area contributed by atoms with Crippen LogP contribution in [0.15, 0.2) is 46.8 Å². The van der Waals surface area contributed by atoms with E-state index in [4.69, 9.17) is 0 Å². The molecule has 1 aromatic heterocycles. The minimum Gasteiger partial charge on any atom is -0.301 e. The van der Waals surface area contributed by atoms with Gasteiger partial charge in [0.25, 0.3) is 0 Å². The van der Waals surface area contributed by atoms with Crippen molar-refractivity contribution in [3.63, 3.8) is 0 Å². The molecule has 128 valence electrons. The van der Waals surface area contributed by atoms with Crippen LogP contribution in [0.5, 0.6) is 0 Å². The fourth-order valence-corrected chi connectivity index (χ4v) is 4.50. The second kappa shape index (κ2) is 7.39. The first-order chi connectivity index (χ1) is 11.6. The van der Waals surface area contributed by atoms with Crippen molar-refractivity contribution in [1.29, 1.82) is 0 Å². The van der Waals surface area contributed by atoms with Crippen LogP contribution in [0, 0.1) is 0 Å². The first-order valence-electron chi connectivity index (χ1n) is 7.52. The predicted molar refractivity (Wildman–Crippen MR) is 92.4 cm³/mol. The van der Waals surface area contributed by atoms with Gasteiger partial charge < -0.3 is 5.32 Å². The lowest BCUT2D eigenvalue weighted by Gasteiger charge is -2.33. The van der Waals surface area contributed by atoms with Gasteiger partial charge in [0.15, 0.2) is 5.13 Å². The van der Waals surface area contributed by atoms with Gasteiger partial charge in [0.2, 0.25) is 15.9 Å². The Morgan fingerprint density at radius 3 is 2.50 bits per heavy atom. The van der Waals surface area contributed by atoms with E-state index < -0.39 is 10.0 Å². The molecular weight excluding hydrogens is 348 g/mol. The lowest BCUT2D eigenvalue weighted by atomic mass is 10.3. The van der Waals surface area contributed by atoms with E-state index in [0.29, 0.717) is 36.2 Å². The van der Waals surface area contributed by atoms with E-state index in [1.165, 1.54) is 15.6 Å². The van der Waals surface area contributed by atoms with E-state index in [1.54, 1.807) is 41.9 Å². The first-order valence-corrected chi connectivity index (χ1v) is 9.84. The minimum absolute atomic E-state index is 0.135. The Morgan fingerprint density at radius 2 is 1.88 bits per heavy atom. The van der Waals surface area contributed by atoms with Crippen molar-refractivity contribution in [3.05, 3.63) is 41.9 Å². The molecule has 0 aliphatic carbocycles. The summed E-state index contributed by atoms with van der Waals surface area (Å²) in [6.45, 7) is 2.04. The normalized spacial score (nSPS) is 16.8. The van der Waals surface area contributed by atoms with Gasteiger partial charge in [-0.1, -0.05) is 18.2 Å². The molecule has 24 heavy (non-hydrogen) atoms. The fraction of sp³-hybridized carbons (Fsp3) is 0.333. The first kappa shape index (κ1) is 17.0. The van der Waals surface area contributed by atoms with Gasteiger partial charge in [-0.25, -0.2) is 13.4 Å². The van der Waals surface area contributed by atoms with Gasteiger partial charge in [0, 0.05) is 37.8 Å². The van der Waals surface area contributed by atoms with Gasteiger partial charge in [-0.2, -0.15) is 4.31 Å². The number of piperazine rings is 1. The lowest BCUT2D eigenvalue weighted by Crippen LogP contribution is -2.50. The fourth-order valence-electron chi connectivity index (χ4n) is 2.52. The summed E-state index contributed by atoms with van der Waals surface area (Å²) >= 11 is 1.37. The molecule has 0 bridgehead atoms. The van der Waals surface area contributed by atoms with Gasteiger partial charge in [-0.05, 0) is 12.1 Å². The van der Waals surface area contributed by atoms with Crippen LogP contribution in [0.1, 0.15) is 0 Å². The Balaban J connectivity index is 1.53. The average Bonchev–Trinajstić information content (AvgIpc) is 3.09. The smallest absolute Gasteiger partial charge is 0.243 e. The maximum Gasteiger partial charge on any atom is 0.243 e. The van der Waals surface area contributed by atoms with Crippen LogP contribution >= 0.6 is 11.3 Å². The zero-order valence-electron chi connectivity index (χ0n) is 13.0. The zero-order chi connectivity index (χ0) is 17.0. The molecule has 1 saturated heterocycles. The Kier molecular flexibility index (Phi) is 5.24. The third-order valence-electron chi connectivity index (χ3n) is 3.76. The van der Waals surface area contributed by atoms with E-state index in [9.17, 15) is 13.2 Å². The highest BCUT2D eigenvalue weighted by molar-refractivity contribution is 7.89. The number of nitrogens with zero attached hydrogens (tertiary/aromatic N) is 3. The van der Waals surface area contributed by atoms with Crippen LogP contribution < -0.4 is 5.32 Å². The number of carbonyl (C=O) groups is 1. The molecule has 0 spiro atoms. The summed E-state index contributed by atoms with van der Waals surface area (Å²) in [5.41, 5.74) is 0. The van der Waals surface area contributed by atoms with Crippen molar-refractivity contribution < 1.29 is 13.2 Å². The highest BCUT2D eigenvalue weighted by Gasteiger charge is 2.28. The van der Waals surface area contributed by atoms with Crippen LogP contribution in [0.3, 0.4) is 0 Å². The zero-order valence-corrected chi connectivity index (χ0v) is 14.6. The van der Waals surface area contributed by atoms with Gasteiger partial charge >= 0.3 is 0 Å². The van der Waals surface area contributed by atoms with Crippen LogP contribution in [0.25, 0.3) is 0 Å². The van der Waals surface area contributed by atoms with Gasteiger partial charge in [-0.3, -0.25) is 9.69 Å².